The van der Waals surface area contributed by atoms with Crippen molar-refractivity contribution in [1.82, 2.24) is 0 Å². The molecule has 0 saturated carbocycles. The Kier molecular flexibility index (Phi) is 7.22. The van der Waals surface area contributed by atoms with Crippen molar-refractivity contribution in [3.8, 4) is 0 Å². The molecular formula is C8H7BrZn. The van der Waals surface area contributed by atoms with Gasteiger partial charge in [0.15, 0.2) is 0 Å². The molecule has 0 radical (unpaired) electrons. The number of hydrogen-bond donors (Lipinski definition) is 0. The van der Waals surface area contributed by atoms with Crippen LogP contribution in [-0.4, -0.2) is 0 Å². The van der Waals surface area contributed by atoms with E-state index in [9.17, 15) is 0 Å². The Balaban J connectivity index is 0.000000371. The molecule has 0 amide bonds. The summed E-state index contributed by atoms with van der Waals surface area (Å²) in [6.07, 6.45) is 1.80. The molecule has 0 heterocycles. The van der Waals surface area contributed by atoms with Gasteiger partial charge in [-0.25, -0.2) is 0 Å². The first-order valence-corrected chi connectivity index (χ1v) is 9.73. The molecule has 48 valence electrons. The van der Waals surface area contributed by atoms with E-state index in [1.165, 1.54) is 16.3 Å². The van der Waals surface area contributed by atoms with Gasteiger partial charge in [-0.3, -0.25) is 0 Å². The average Bonchev–Trinajstić information content (AvgIpc) is 2.10. The maximum atomic E-state index is 3.61. The van der Waals surface area contributed by atoms with Crippen LogP contribution in [0.1, 0.15) is 5.56 Å². The Bertz CT molecular complexity index is 172. The summed E-state index contributed by atoms with van der Waals surface area (Å²) >= 11 is 4.25. The van der Waals surface area contributed by atoms with Crippen LogP contribution in [0, 0.1) is 6.07 Å². The molecule has 0 aliphatic heterocycles. The Labute approximate surface area is 78.4 Å². The molecule has 0 spiro atoms. The van der Waals surface area contributed by atoms with Crippen LogP contribution in [0.15, 0.2) is 30.8 Å². The molecule has 0 unspecified atom stereocenters. The molecule has 0 nitrogen and oxygen atoms in total. The quantitative estimate of drug-likeness (QED) is 0.529. The molecule has 0 saturated heterocycles. The molecule has 0 fully saturated rings. The van der Waals surface area contributed by atoms with Crippen molar-refractivity contribution < 1.29 is 16.3 Å². The molecule has 0 bridgehead atoms. The fourth-order valence-electron chi connectivity index (χ4n) is 0.534. The van der Waals surface area contributed by atoms with Crippen LogP contribution in [0.3, 0.4) is 0 Å². The minimum atomic E-state index is 1.12. The predicted molar refractivity (Wildman–Crippen MR) is 44.3 cm³/mol. The van der Waals surface area contributed by atoms with E-state index in [0.29, 0.717) is 0 Å². The summed E-state index contributed by atoms with van der Waals surface area (Å²) in [6, 6.07) is 10.6. The molecule has 1 rings (SSSR count). The van der Waals surface area contributed by atoms with E-state index in [0.717, 1.165) is 5.56 Å². The molecule has 0 aromatic heterocycles. The summed E-state index contributed by atoms with van der Waals surface area (Å²) in [7, 11) is 0. The molecule has 0 aliphatic rings. The van der Waals surface area contributed by atoms with Gasteiger partial charge in [0.1, 0.15) is 0 Å². The first kappa shape index (κ1) is 10.1. The summed E-state index contributed by atoms with van der Waals surface area (Å²) in [5.41, 5.74) is 1.12. The first-order valence-electron chi connectivity index (χ1n) is 2.79. The van der Waals surface area contributed by atoms with Crippen LogP contribution in [0.2, 0.25) is 0 Å². The van der Waals surface area contributed by atoms with E-state index in [2.05, 4.69) is 26.3 Å². The van der Waals surface area contributed by atoms with Crippen LogP contribution in [0.4, 0.5) is 0 Å². The van der Waals surface area contributed by atoms with Crippen LogP contribution < -0.4 is 0 Å². The Morgan fingerprint density at radius 3 is 2.60 bits per heavy atom. The van der Waals surface area contributed by atoms with E-state index >= 15 is 0 Å². The van der Waals surface area contributed by atoms with E-state index in [-0.39, 0.29) is 0 Å². The molecule has 0 atom stereocenters. The van der Waals surface area contributed by atoms with Gasteiger partial charge in [0, 0.05) is 0 Å². The van der Waals surface area contributed by atoms with Crippen molar-refractivity contribution in [2.24, 2.45) is 0 Å². The summed E-state index contributed by atoms with van der Waals surface area (Å²) in [6.45, 7) is 3.61. The summed E-state index contributed by atoms with van der Waals surface area (Å²) < 4.78 is 0. The van der Waals surface area contributed by atoms with E-state index in [1.807, 2.05) is 24.3 Å². The van der Waals surface area contributed by atoms with Crippen molar-refractivity contribution in [1.29, 1.82) is 0 Å². The van der Waals surface area contributed by atoms with E-state index in [4.69, 9.17) is 0 Å². The zero-order chi connectivity index (χ0) is 7.82. The van der Waals surface area contributed by atoms with Gasteiger partial charge in [0.25, 0.3) is 0 Å². The first-order chi connectivity index (χ1) is 4.93. The normalized spacial score (nSPS) is 7.50. The third-order valence-electron chi connectivity index (χ3n) is 0.967. The van der Waals surface area contributed by atoms with Crippen LogP contribution in [0.5, 0.6) is 0 Å². The molecule has 0 aliphatic carbocycles. The average molecular weight is 248 g/mol. The molecule has 10 heavy (non-hydrogen) atoms. The topological polar surface area (TPSA) is 0 Å². The third kappa shape index (κ3) is 3.97. The predicted octanol–water partition coefficient (Wildman–Crippen LogP) is 2.97. The van der Waals surface area contributed by atoms with Gasteiger partial charge in [0.2, 0.25) is 0 Å². The second kappa shape index (κ2) is 7.17. The Morgan fingerprint density at radius 1 is 1.60 bits per heavy atom. The van der Waals surface area contributed by atoms with Crippen LogP contribution in [-0.2, 0) is 16.3 Å². The fourth-order valence-corrected chi connectivity index (χ4v) is 0.534. The SMILES string of the molecule is C=Cc1c[c-]ccc1.[Zn+][Br]. The third-order valence-corrected chi connectivity index (χ3v) is 0.967. The minimum absolute atomic E-state index is 1.12. The van der Waals surface area contributed by atoms with Crippen molar-refractivity contribution in [2.75, 3.05) is 0 Å². The molecular weight excluding hydrogens is 241 g/mol. The summed E-state index contributed by atoms with van der Waals surface area (Å²) in [5.74, 6) is 0. The van der Waals surface area contributed by atoms with Gasteiger partial charge in [-0.1, -0.05) is 0 Å². The number of benzene rings is 1. The van der Waals surface area contributed by atoms with Gasteiger partial charge in [0.05, 0.1) is 0 Å². The monoisotopic (exact) mass is 246 g/mol. The van der Waals surface area contributed by atoms with Gasteiger partial charge in [-0.2, -0.15) is 30.3 Å². The van der Waals surface area contributed by atoms with Crippen molar-refractivity contribution in [3.63, 3.8) is 0 Å². The van der Waals surface area contributed by atoms with Gasteiger partial charge >= 0.3 is 30.0 Å². The van der Waals surface area contributed by atoms with Crippen molar-refractivity contribution >= 4 is 19.7 Å². The molecule has 0 N–H and O–H groups in total. The summed E-state index contributed by atoms with van der Waals surface area (Å²) in [5, 5.41) is 0. The van der Waals surface area contributed by atoms with E-state index in [1.54, 1.807) is 6.08 Å². The van der Waals surface area contributed by atoms with Gasteiger partial charge in [-0.05, 0) is 0 Å². The van der Waals surface area contributed by atoms with Crippen molar-refractivity contribution in [3.05, 3.63) is 42.5 Å². The van der Waals surface area contributed by atoms with Crippen LogP contribution in [0.25, 0.3) is 6.08 Å². The van der Waals surface area contributed by atoms with Gasteiger partial charge < -0.3 is 0 Å². The molecule has 1 aromatic carbocycles. The molecule has 2 heteroatoms. The number of hydrogen-bond acceptors (Lipinski definition) is 0. The zero-order valence-corrected chi connectivity index (χ0v) is 10.2. The standard InChI is InChI=1S/C8H7.BrH.Zn/c1-2-8-6-4-3-5-7-8;;/h2-4,6-7H,1H2;1H;/q-1;;+2/p-1. The number of rotatable bonds is 1. The Hall–Kier alpha value is 0.0634. The van der Waals surface area contributed by atoms with Crippen molar-refractivity contribution in [2.45, 2.75) is 0 Å². The zero-order valence-electron chi connectivity index (χ0n) is 5.68. The fraction of sp³-hybridized carbons (Fsp3) is 0. The van der Waals surface area contributed by atoms with Gasteiger partial charge in [-0.15, -0.1) is 18.2 Å². The Morgan fingerprint density at radius 2 is 2.30 bits per heavy atom. The maximum absolute atomic E-state index is 3.61. The second-order valence-corrected chi connectivity index (χ2v) is 1.54. The second-order valence-electron chi connectivity index (χ2n) is 1.54. The summed E-state index contributed by atoms with van der Waals surface area (Å²) in [4.78, 5) is 0. The number of halogens is 1. The van der Waals surface area contributed by atoms with E-state index < -0.39 is 0 Å². The van der Waals surface area contributed by atoms with Crippen LogP contribution >= 0.6 is 13.6 Å². The molecule has 1 aromatic rings.